The average molecular weight is 396 g/mol. The van der Waals surface area contributed by atoms with Gasteiger partial charge in [-0.25, -0.2) is 5.01 Å². The van der Waals surface area contributed by atoms with Crippen molar-refractivity contribution in [2.75, 3.05) is 0 Å². The van der Waals surface area contributed by atoms with E-state index in [1.807, 2.05) is 65.8 Å². The molecule has 4 nitrogen and oxygen atoms in total. The molecule has 27 heavy (non-hydrogen) atoms. The van der Waals surface area contributed by atoms with Crippen molar-refractivity contribution in [3.8, 4) is 5.75 Å². The lowest BCUT2D eigenvalue weighted by Gasteiger charge is -2.38. The Bertz CT molecular complexity index is 1020. The monoisotopic (exact) mass is 395 g/mol. The molecule has 0 spiro atoms. The first-order valence-electron chi connectivity index (χ1n) is 8.67. The Morgan fingerprint density at radius 3 is 2.59 bits per heavy atom. The quantitative estimate of drug-likeness (QED) is 0.563. The van der Waals surface area contributed by atoms with Gasteiger partial charge in [-0.1, -0.05) is 41.4 Å². The number of hydrogen-bond donors (Lipinski definition) is 0. The van der Waals surface area contributed by atoms with Gasteiger partial charge in [-0.05, 0) is 42.0 Å². The molecule has 0 saturated carbocycles. The zero-order valence-corrected chi connectivity index (χ0v) is 15.7. The highest BCUT2D eigenvalue weighted by atomic mass is 35.5. The summed E-state index contributed by atoms with van der Waals surface area (Å²) in [6.07, 6.45) is 4.01. The molecule has 0 bridgehead atoms. The molecular formula is C21H15Cl2N3O. The lowest BCUT2D eigenvalue weighted by molar-refractivity contribution is -0.0192. The second-order valence-electron chi connectivity index (χ2n) is 6.59. The first-order valence-corrected chi connectivity index (χ1v) is 9.42. The van der Waals surface area contributed by atoms with E-state index >= 15 is 0 Å². The van der Waals surface area contributed by atoms with E-state index in [2.05, 4.69) is 4.98 Å². The van der Waals surface area contributed by atoms with E-state index in [-0.39, 0.29) is 12.3 Å². The van der Waals surface area contributed by atoms with E-state index < -0.39 is 0 Å². The Morgan fingerprint density at radius 2 is 1.81 bits per heavy atom. The molecule has 3 heterocycles. The van der Waals surface area contributed by atoms with Crippen LogP contribution in [0.25, 0.3) is 0 Å². The van der Waals surface area contributed by atoms with E-state index in [0.29, 0.717) is 10.0 Å². The number of benzene rings is 2. The van der Waals surface area contributed by atoms with Crippen molar-refractivity contribution >= 4 is 28.9 Å². The lowest BCUT2D eigenvalue weighted by Crippen LogP contribution is -2.33. The van der Waals surface area contributed by atoms with Crippen LogP contribution in [0.3, 0.4) is 0 Å². The molecule has 2 aliphatic rings. The molecule has 6 heteroatoms. The van der Waals surface area contributed by atoms with Crippen LogP contribution in [0.2, 0.25) is 10.0 Å². The van der Waals surface area contributed by atoms with E-state index in [1.54, 1.807) is 6.20 Å². The zero-order valence-electron chi connectivity index (χ0n) is 14.2. The Morgan fingerprint density at radius 1 is 1.00 bits per heavy atom. The van der Waals surface area contributed by atoms with Crippen molar-refractivity contribution in [3.05, 3.63) is 93.7 Å². The molecule has 0 saturated heterocycles. The molecule has 0 fully saturated rings. The number of rotatable bonds is 2. The number of halogens is 2. The summed E-state index contributed by atoms with van der Waals surface area (Å²) in [6.45, 7) is 0. The Labute approximate surface area is 167 Å². The summed E-state index contributed by atoms with van der Waals surface area (Å²) < 4.78 is 6.29. The average Bonchev–Trinajstić information content (AvgIpc) is 3.14. The minimum absolute atomic E-state index is 0.0586. The molecule has 134 valence electrons. The summed E-state index contributed by atoms with van der Waals surface area (Å²) in [5.41, 5.74) is 4.07. The molecular weight excluding hydrogens is 381 g/mol. The van der Waals surface area contributed by atoms with Crippen molar-refractivity contribution in [1.29, 1.82) is 0 Å². The molecule has 0 radical (unpaired) electrons. The summed E-state index contributed by atoms with van der Waals surface area (Å²) >= 11 is 12.3. The van der Waals surface area contributed by atoms with Crippen molar-refractivity contribution in [2.24, 2.45) is 5.10 Å². The summed E-state index contributed by atoms with van der Waals surface area (Å²) in [4.78, 5) is 4.24. The van der Waals surface area contributed by atoms with Crippen molar-refractivity contribution < 1.29 is 4.74 Å². The van der Waals surface area contributed by atoms with Gasteiger partial charge < -0.3 is 4.74 Å². The highest BCUT2D eigenvalue weighted by molar-refractivity contribution is 6.31. The summed E-state index contributed by atoms with van der Waals surface area (Å²) in [6, 6.07) is 17.5. The highest BCUT2D eigenvalue weighted by Gasteiger charge is 2.41. The molecule has 2 aromatic carbocycles. The molecule has 2 atom stereocenters. The van der Waals surface area contributed by atoms with E-state index in [0.717, 1.165) is 34.6 Å². The van der Waals surface area contributed by atoms with Crippen LogP contribution < -0.4 is 4.74 Å². The predicted octanol–water partition coefficient (Wildman–Crippen LogP) is 5.63. The fourth-order valence-electron chi connectivity index (χ4n) is 3.62. The maximum Gasteiger partial charge on any atom is 0.215 e. The van der Waals surface area contributed by atoms with E-state index in [9.17, 15) is 0 Å². The maximum atomic E-state index is 6.29. The van der Waals surface area contributed by atoms with Crippen molar-refractivity contribution in [3.63, 3.8) is 0 Å². The van der Waals surface area contributed by atoms with Gasteiger partial charge in [-0.2, -0.15) is 5.10 Å². The van der Waals surface area contributed by atoms with Gasteiger partial charge in [0.05, 0.1) is 11.8 Å². The predicted molar refractivity (Wildman–Crippen MR) is 106 cm³/mol. The van der Waals surface area contributed by atoms with Crippen LogP contribution in [0.15, 0.2) is 72.1 Å². The number of fused-ring (bicyclic) bond motifs is 3. The normalized spacial score (nSPS) is 20.5. The fraction of sp³-hybridized carbons (Fsp3) is 0.143. The van der Waals surface area contributed by atoms with Gasteiger partial charge in [-0.3, -0.25) is 4.98 Å². The Hall–Kier alpha value is -2.56. The third kappa shape index (κ3) is 2.95. The summed E-state index contributed by atoms with van der Waals surface area (Å²) in [7, 11) is 0. The smallest absolute Gasteiger partial charge is 0.215 e. The van der Waals surface area contributed by atoms with E-state index in [1.165, 1.54) is 0 Å². The second kappa shape index (κ2) is 6.55. The molecule has 3 aromatic rings. The third-order valence-electron chi connectivity index (χ3n) is 4.90. The van der Waals surface area contributed by atoms with Crippen LogP contribution in [0, 0.1) is 0 Å². The summed E-state index contributed by atoms with van der Waals surface area (Å²) in [5, 5.41) is 8.32. The maximum absolute atomic E-state index is 6.29. The first kappa shape index (κ1) is 16.6. The third-order valence-corrected chi connectivity index (χ3v) is 5.39. The van der Waals surface area contributed by atoms with Crippen LogP contribution in [0.5, 0.6) is 5.75 Å². The fourth-order valence-corrected chi connectivity index (χ4v) is 3.92. The molecule has 5 rings (SSSR count). The van der Waals surface area contributed by atoms with Crippen LogP contribution in [-0.2, 0) is 0 Å². The topological polar surface area (TPSA) is 37.7 Å². The van der Waals surface area contributed by atoms with Gasteiger partial charge in [0.2, 0.25) is 6.23 Å². The first-order chi connectivity index (χ1) is 13.2. The number of hydrazone groups is 1. The standard InChI is InChI=1S/C21H15Cl2N3O/c22-15-5-3-13(4-6-15)18-11-19-17-10-16(23)7-8-20(17)27-21(26(19)25-18)14-2-1-9-24-12-14/h1-10,12,19,21H,11H2/t19-,21+/m0/s1. The number of ether oxygens (including phenoxy) is 1. The highest BCUT2D eigenvalue weighted by Crippen LogP contribution is 2.48. The lowest BCUT2D eigenvalue weighted by atomic mass is 9.96. The second-order valence-corrected chi connectivity index (χ2v) is 7.47. The largest absolute Gasteiger partial charge is 0.464 e. The Balaban J connectivity index is 1.60. The minimum atomic E-state index is -0.331. The zero-order chi connectivity index (χ0) is 18.4. The molecule has 0 amide bonds. The molecule has 0 unspecified atom stereocenters. The van der Waals surface area contributed by atoms with Gasteiger partial charge in [0, 0.05) is 40.0 Å². The summed E-state index contributed by atoms with van der Waals surface area (Å²) in [5.74, 6) is 0.835. The van der Waals surface area contributed by atoms with Gasteiger partial charge in [0.25, 0.3) is 0 Å². The van der Waals surface area contributed by atoms with Crippen molar-refractivity contribution in [1.82, 2.24) is 9.99 Å². The van der Waals surface area contributed by atoms with Crippen LogP contribution in [-0.4, -0.2) is 15.7 Å². The van der Waals surface area contributed by atoms with Crippen LogP contribution >= 0.6 is 23.2 Å². The molecule has 0 N–H and O–H groups in total. The Kier molecular flexibility index (Phi) is 4.03. The molecule has 0 aliphatic carbocycles. The van der Waals surface area contributed by atoms with Crippen LogP contribution in [0.1, 0.15) is 35.4 Å². The number of nitrogens with zero attached hydrogens (tertiary/aromatic N) is 3. The number of hydrogen-bond acceptors (Lipinski definition) is 4. The van der Waals surface area contributed by atoms with Gasteiger partial charge >= 0.3 is 0 Å². The van der Waals surface area contributed by atoms with Gasteiger partial charge in [0.15, 0.2) is 0 Å². The van der Waals surface area contributed by atoms with Crippen molar-refractivity contribution in [2.45, 2.75) is 18.7 Å². The number of aromatic nitrogens is 1. The number of pyridine rings is 1. The van der Waals surface area contributed by atoms with E-state index in [4.69, 9.17) is 33.0 Å². The minimum Gasteiger partial charge on any atom is -0.464 e. The van der Waals surface area contributed by atoms with Gasteiger partial charge in [-0.15, -0.1) is 0 Å². The van der Waals surface area contributed by atoms with Gasteiger partial charge in [0.1, 0.15) is 5.75 Å². The SMILES string of the molecule is Clc1ccc(C2=NN3[C@@H](c4cccnc4)Oc4ccc(Cl)cc4[C@@H]3C2)cc1. The van der Waals surface area contributed by atoms with Crippen LogP contribution in [0.4, 0.5) is 0 Å². The molecule has 2 aliphatic heterocycles. The molecule has 1 aromatic heterocycles.